The molecule has 0 bridgehead atoms. The Labute approximate surface area is 72.7 Å². The fraction of sp³-hybridized carbons (Fsp3) is 0.667. The minimum atomic E-state index is -0.370. The maximum Gasteiger partial charge on any atom is 0.124 e. The molecule has 1 heterocycles. The molecule has 0 aromatic carbocycles. The van der Waals surface area contributed by atoms with E-state index in [9.17, 15) is 0 Å². The molecular formula is C9H15N3. The molecule has 3 heteroatoms. The van der Waals surface area contributed by atoms with Crippen molar-refractivity contribution in [1.82, 2.24) is 5.43 Å². The summed E-state index contributed by atoms with van der Waals surface area (Å²) in [7, 11) is 0. The molecule has 2 rings (SSSR count). The fourth-order valence-corrected chi connectivity index (χ4v) is 2.06. The summed E-state index contributed by atoms with van der Waals surface area (Å²) < 4.78 is 0. The maximum absolute atomic E-state index is 6.15. The predicted octanol–water partition coefficient (Wildman–Crippen LogP) is 0.977. The van der Waals surface area contributed by atoms with Crippen molar-refractivity contribution in [1.29, 1.82) is 0 Å². The molecule has 1 aliphatic heterocycles. The molecule has 0 saturated heterocycles. The summed E-state index contributed by atoms with van der Waals surface area (Å²) >= 11 is 0. The van der Waals surface area contributed by atoms with Crippen LogP contribution in [0.25, 0.3) is 0 Å². The van der Waals surface area contributed by atoms with E-state index < -0.39 is 0 Å². The summed E-state index contributed by atoms with van der Waals surface area (Å²) in [4.78, 5) is 0. The van der Waals surface area contributed by atoms with Crippen molar-refractivity contribution in [2.75, 3.05) is 0 Å². The number of hydrazone groups is 1. The Morgan fingerprint density at radius 2 is 2.17 bits per heavy atom. The van der Waals surface area contributed by atoms with E-state index in [1.807, 2.05) is 12.2 Å². The molecule has 3 N–H and O–H groups in total. The van der Waals surface area contributed by atoms with Crippen molar-refractivity contribution in [3.8, 4) is 0 Å². The van der Waals surface area contributed by atoms with Gasteiger partial charge in [0.1, 0.15) is 5.66 Å². The zero-order valence-electron chi connectivity index (χ0n) is 7.16. The van der Waals surface area contributed by atoms with Crippen LogP contribution >= 0.6 is 0 Å². The number of allylic oxidation sites excluding steroid dienone is 1. The molecule has 1 fully saturated rings. The third kappa shape index (κ3) is 1.25. The molecule has 1 aliphatic carbocycles. The van der Waals surface area contributed by atoms with Gasteiger partial charge in [0.05, 0.1) is 0 Å². The van der Waals surface area contributed by atoms with Crippen LogP contribution in [0.3, 0.4) is 0 Å². The molecule has 1 atom stereocenters. The number of hydrogen-bond acceptors (Lipinski definition) is 3. The van der Waals surface area contributed by atoms with Crippen LogP contribution in [0.5, 0.6) is 0 Å². The lowest BCUT2D eigenvalue weighted by Gasteiger charge is -2.33. The van der Waals surface area contributed by atoms with Gasteiger partial charge in [-0.25, -0.2) is 0 Å². The van der Waals surface area contributed by atoms with Crippen molar-refractivity contribution < 1.29 is 0 Å². The minimum absolute atomic E-state index is 0.370. The van der Waals surface area contributed by atoms with E-state index in [0.717, 1.165) is 0 Å². The Bertz CT molecular complexity index is 216. The third-order valence-electron chi connectivity index (χ3n) is 2.82. The summed E-state index contributed by atoms with van der Waals surface area (Å²) in [5, 5.41) is 3.99. The molecule has 0 aromatic heterocycles. The topological polar surface area (TPSA) is 50.4 Å². The van der Waals surface area contributed by atoms with Crippen LogP contribution in [0, 0.1) is 5.92 Å². The van der Waals surface area contributed by atoms with Crippen LogP contribution in [0.1, 0.15) is 25.7 Å². The van der Waals surface area contributed by atoms with Gasteiger partial charge in [0.15, 0.2) is 0 Å². The first kappa shape index (κ1) is 7.80. The van der Waals surface area contributed by atoms with Crippen molar-refractivity contribution in [2.45, 2.75) is 31.3 Å². The Kier molecular flexibility index (Phi) is 1.89. The highest BCUT2D eigenvalue weighted by Crippen LogP contribution is 2.32. The summed E-state index contributed by atoms with van der Waals surface area (Å²) in [5.41, 5.74) is 8.78. The largest absolute Gasteiger partial charge is 0.304 e. The predicted molar refractivity (Wildman–Crippen MR) is 49.6 cm³/mol. The standard InChI is InChI=1S/C9H15N3/c10-9(6-3-7-11-12-9)8-4-1-2-5-8/h3,6-8,12H,1-2,4-5,10H2. The van der Waals surface area contributed by atoms with E-state index in [1.165, 1.54) is 25.7 Å². The maximum atomic E-state index is 6.15. The molecule has 66 valence electrons. The van der Waals surface area contributed by atoms with Crippen LogP contribution in [-0.4, -0.2) is 11.9 Å². The summed E-state index contributed by atoms with van der Waals surface area (Å²) in [6.45, 7) is 0. The number of hydrogen-bond donors (Lipinski definition) is 2. The average Bonchev–Trinajstić information content (AvgIpc) is 2.58. The van der Waals surface area contributed by atoms with Gasteiger partial charge in [0, 0.05) is 12.1 Å². The monoisotopic (exact) mass is 165 g/mol. The van der Waals surface area contributed by atoms with Gasteiger partial charge in [-0.15, -0.1) is 0 Å². The van der Waals surface area contributed by atoms with Crippen molar-refractivity contribution in [3.63, 3.8) is 0 Å². The van der Waals surface area contributed by atoms with Gasteiger partial charge >= 0.3 is 0 Å². The number of nitrogens with two attached hydrogens (primary N) is 1. The highest BCUT2D eigenvalue weighted by Gasteiger charge is 2.34. The Morgan fingerprint density at radius 1 is 1.42 bits per heavy atom. The Hall–Kier alpha value is -0.830. The second-order valence-corrected chi connectivity index (χ2v) is 3.66. The minimum Gasteiger partial charge on any atom is -0.304 e. The molecular weight excluding hydrogens is 150 g/mol. The van der Waals surface area contributed by atoms with E-state index >= 15 is 0 Å². The van der Waals surface area contributed by atoms with Gasteiger partial charge in [-0.3, -0.25) is 5.43 Å². The molecule has 0 aromatic rings. The van der Waals surface area contributed by atoms with Crippen molar-refractivity contribution in [3.05, 3.63) is 12.2 Å². The lowest BCUT2D eigenvalue weighted by molar-refractivity contribution is 0.280. The lowest BCUT2D eigenvalue weighted by Crippen LogP contribution is -2.55. The zero-order valence-corrected chi connectivity index (χ0v) is 7.16. The van der Waals surface area contributed by atoms with Crippen LogP contribution in [0.4, 0.5) is 0 Å². The lowest BCUT2D eigenvalue weighted by atomic mass is 9.91. The molecule has 3 nitrogen and oxygen atoms in total. The Morgan fingerprint density at radius 3 is 2.75 bits per heavy atom. The van der Waals surface area contributed by atoms with E-state index in [4.69, 9.17) is 5.73 Å². The second-order valence-electron chi connectivity index (χ2n) is 3.66. The normalized spacial score (nSPS) is 35.4. The van der Waals surface area contributed by atoms with Gasteiger partial charge in [0.2, 0.25) is 0 Å². The van der Waals surface area contributed by atoms with Gasteiger partial charge in [0.25, 0.3) is 0 Å². The van der Waals surface area contributed by atoms with E-state index in [-0.39, 0.29) is 5.66 Å². The van der Waals surface area contributed by atoms with E-state index in [0.29, 0.717) is 5.92 Å². The smallest absolute Gasteiger partial charge is 0.124 e. The Balaban J connectivity index is 2.09. The first-order chi connectivity index (χ1) is 5.81. The zero-order chi connectivity index (χ0) is 8.44. The van der Waals surface area contributed by atoms with Gasteiger partial charge in [-0.05, 0) is 25.0 Å². The summed E-state index contributed by atoms with van der Waals surface area (Å²) in [6.07, 6.45) is 10.8. The third-order valence-corrected chi connectivity index (χ3v) is 2.82. The quantitative estimate of drug-likeness (QED) is 0.608. The number of rotatable bonds is 1. The average molecular weight is 165 g/mol. The molecule has 0 spiro atoms. The molecule has 1 saturated carbocycles. The second kappa shape index (κ2) is 2.90. The summed E-state index contributed by atoms with van der Waals surface area (Å²) in [6, 6.07) is 0. The molecule has 0 amide bonds. The highest BCUT2D eigenvalue weighted by molar-refractivity contribution is 5.72. The molecule has 2 aliphatic rings. The van der Waals surface area contributed by atoms with Crippen LogP contribution in [0.15, 0.2) is 17.3 Å². The van der Waals surface area contributed by atoms with E-state index in [1.54, 1.807) is 6.21 Å². The summed E-state index contributed by atoms with van der Waals surface area (Å²) in [5.74, 6) is 0.561. The molecule has 0 radical (unpaired) electrons. The molecule has 1 unspecified atom stereocenters. The van der Waals surface area contributed by atoms with Gasteiger partial charge in [-0.2, -0.15) is 5.10 Å². The van der Waals surface area contributed by atoms with Crippen LogP contribution in [-0.2, 0) is 0 Å². The van der Waals surface area contributed by atoms with Gasteiger partial charge < -0.3 is 5.73 Å². The fourth-order valence-electron chi connectivity index (χ4n) is 2.06. The highest BCUT2D eigenvalue weighted by atomic mass is 15.4. The first-order valence-electron chi connectivity index (χ1n) is 4.58. The molecule has 12 heavy (non-hydrogen) atoms. The number of nitrogens with zero attached hydrogens (tertiary/aromatic N) is 1. The van der Waals surface area contributed by atoms with Crippen LogP contribution in [0.2, 0.25) is 0 Å². The van der Waals surface area contributed by atoms with E-state index in [2.05, 4.69) is 10.5 Å². The van der Waals surface area contributed by atoms with Crippen molar-refractivity contribution >= 4 is 6.21 Å². The first-order valence-corrected chi connectivity index (χ1v) is 4.58. The van der Waals surface area contributed by atoms with Crippen molar-refractivity contribution in [2.24, 2.45) is 16.8 Å². The SMILES string of the molecule is NC1(C2CCCC2)C=CC=NN1. The van der Waals surface area contributed by atoms with Gasteiger partial charge in [-0.1, -0.05) is 12.8 Å². The number of nitrogens with one attached hydrogen (secondary N) is 1. The van der Waals surface area contributed by atoms with Crippen LogP contribution < -0.4 is 11.2 Å².